The number of ether oxygens (including phenoxy) is 1. The highest BCUT2D eigenvalue weighted by Gasteiger charge is 2.10. The van der Waals surface area contributed by atoms with E-state index in [9.17, 15) is 4.79 Å². The van der Waals surface area contributed by atoms with Crippen molar-refractivity contribution in [1.82, 2.24) is 4.98 Å². The van der Waals surface area contributed by atoms with Gasteiger partial charge in [-0.1, -0.05) is 11.6 Å². The van der Waals surface area contributed by atoms with Crippen LogP contribution >= 0.6 is 11.6 Å². The minimum Gasteiger partial charge on any atom is -0.490 e. The molecule has 0 radical (unpaired) electrons. The minimum atomic E-state index is -0.253. The molecule has 0 aliphatic rings. The lowest BCUT2D eigenvalue weighted by Crippen LogP contribution is -2.13. The van der Waals surface area contributed by atoms with Crippen molar-refractivity contribution in [3.8, 4) is 5.75 Å². The molecule has 1 heterocycles. The standard InChI is InChI=1S/C14H13ClN2O2/c1-2-19-12-4-3-9-16-13(12)17-14(18)10-5-7-11(15)8-6-10/h3-9H,2H2,1H3,(H,16,17,18). The number of hydrogen-bond acceptors (Lipinski definition) is 3. The highest BCUT2D eigenvalue weighted by atomic mass is 35.5. The summed E-state index contributed by atoms with van der Waals surface area (Å²) >= 11 is 5.78. The molecule has 0 bridgehead atoms. The van der Waals surface area contributed by atoms with E-state index < -0.39 is 0 Å². The van der Waals surface area contributed by atoms with Gasteiger partial charge in [0, 0.05) is 16.8 Å². The number of aromatic nitrogens is 1. The van der Waals surface area contributed by atoms with Crippen LogP contribution in [0, 0.1) is 0 Å². The fraction of sp³-hybridized carbons (Fsp3) is 0.143. The third kappa shape index (κ3) is 3.45. The molecule has 0 fully saturated rings. The normalized spacial score (nSPS) is 10.0. The number of halogens is 1. The van der Waals surface area contributed by atoms with Gasteiger partial charge in [0.05, 0.1) is 6.61 Å². The number of amides is 1. The number of anilines is 1. The van der Waals surface area contributed by atoms with Crippen molar-refractivity contribution in [2.75, 3.05) is 11.9 Å². The van der Waals surface area contributed by atoms with Crippen LogP contribution in [0.1, 0.15) is 17.3 Å². The Hall–Kier alpha value is -2.07. The summed E-state index contributed by atoms with van der Waals surface area (Å²) < 4.78 is 5.39. The van der Waals surface area contributed by atoms with Crippen molar-refractivity contribution in [2.45, 2.75) is 6.92 Å². The zero-order valence-electron chi connectivity index (χ0n) is 10.4. The minimum absolute atomic E-state index is 0.253. The first-order chi connectivity index (χ1) is 9.20. The van der Waals surface area contributed by atoms with E-state index in [1.807, 2.05) is 6.92 Å². The molecule has 1 amide bonds. The average Bonchev–Trinajstić information content (AvgIpc) is 2.42. The van der Waals surface area contributed by atoms with Crippen LogP contribution in [0.4, 0.5) is 5.82 Å². The zero-order valence-corrected chi connectivity index (χ0v) is 11.1. The second-order valence-electron chi connectivity index (χ2n) is 3.74. The van der Waals surface area contributed by atoms with Crippen LogP contribution in [0.2, 0.25) is 5.02 Å². The molecule has 0 atom stereocenters. The topological polar surface area (TPSA) is 51.2 Å². The number of nitrogens with zero attached hydrogens (tertiary/aromatic N) is 1. The van der Waals surface area contributed by atoms with Crippen LogP contribution in [0.15, 0.2) is 42.6 Å². The Kier molecular flexibility index (Phi) is 4.36. The average molecular weight is 277 g/mol. The van der Waals surface area contributed by atoms with E-state index in [-0.39, 0.29) is 5.91 Å². The van der Waals surface area contributed by atoms with Gasteiger partial charge in [0.25, 0.3) is 5.91 Å². The number of pyridine rings is 1. The van der Waals surface area contributed by atoms with Crippen LogP contribution in [0.25, 0.3) is 0 Å². The second-order valence-corrected chi connectivity index (χ2v) is 4.18. The molecular formula is C14H13ClN2O2. The van der Waals surface area contributed by atoms with Crippen molar-refractivity contribution in [2.24, 2.45) is 0 Å². The Morgan fingerprint density at radius 3 is 2.74 bits per heavy atom. The first-order valence-electron chi connectivity index (χ1n) is 5.85. The number of nitrogens with one attached hydrogen (secondary N) is 1. The van der Waals surface area contributed by atoms with Crippen LogP contribution < -0.4 is 10.1 Å². The van der Waals surface area contributed by atoms with E-state index in [1.165, 1.54) is 0 Å². The van der Waals surface area contributed by atoms with Gasteiger partial charge in [-0.25, -0.2) is 4.98 Å². The van der Waals surface area contributed by atoms with Gasteiger partial charge in [-0.15, -0.1) is 0 Å². The van der Waals surface area contributed by atoms with E-state index in [0.29, 0.717) is 28.8 Å². The molecule has 0 unspecified atom stereocenters. The van der Waals surface area contributed by atoms with Gasteiger partial charge < -0.3 is 10.1 Å². The zero-order chi connectivity index (χ0) is 13.7. The van der Waals surface area contributed by atoms with Crippen molar-refractivity contribution in [1.29, 1.82) is 0 Å². The van der Waals surface area contributed by atoms with Crippen LogP contribution in [-0.2, 0) is 0 Å². The van der Waals surface area contributed by atoms with Crippen LogP contribution in [-0.4, -0.2) is 17.5 Å². The fourth-order valence-corrected chi connectivity index (χ4v) is 1.66. The van der Waals surface area contributed by atoms with Gasteiger partial charge in [-0.05, 0) is 43.3 Å². The van der Waals surface area contributed by atoms with Crippen LogP contribution in [0.5, 0.6) is 5.75 Å². The lowest BCUT2D eigenvalue weighted by atomic mass is 10.2. The van der Waals surface area contributed by atoms with Crippen molar-refractivity contribution >= 4 is 23.3 Å². The summed E-state index contributed by atoms with van der Waals surface area (Å²) in [5, 5.41) is 3.30. The van der Waals surface area contributed by atoms with E-state index in [4.69, 9.17) is 16.3 Å². The first-order valence-corrected chi connectivity index (χ1v) is 6.23. The molecule has 0 aliphatic heterocycles. The maximum Gasteiger partial charge on any atom is 0.256 e. The first kappa shape index (κ1) is 13.4. The van der Waals surface area contributed by atoms with Crippen molar-refractivity contribution in [3.05, 3.63) is 53.2 Å². The fourth-order valence-electron chi connectivity index (χ4n) is 1.54. The number of carbonyl (C=O) groups excluding carboxylic acids is 1. The summed E-state index contributed by atoms with van der Waals surface area (Å²) in [6.07, 6.45) is 1.60. The lowest BCUT2D eigenvalue weighted by molar-refractivity contribution is 0.102. The van der Waals surface area contributed by atoms with E-state index in [0.717, 1.165) is 0 Å². The number of rotatable bonds is 4. The van der Waals surface area contributed by atoms with Gasteiger partial charge in [-0.3, -0.25) is 4.79 Å². The van der Waals surface area contributed by atoms with E-state index >= 15 is 0 Å². The summed E-state index contributed by atoms with van der Waals surface area (Å²) in [5.74, 6) is 0.702. The Morgan fingerprint density at radius 1 is 1.32 bits per heavy atom. The SMILES string of the molecule is CCOc1cccnc1NC(=O)c1ccc(Cl)cc1. The molecule has 5 heteroatoms. The summed E-state index contributed by atoms with van der Waals surface area (Å²) in [6, 6.07) is 10.1. The van der Waals surface area contributed by atoms with E-state index in [1.54, 1.807) is 42.6 Å². The lowest BCUT2D eigenvalue weighted by Gasteiger charge is -2.10. The highest BCUT2D eigenvalue weighted by molar-refractivity contribution is 6.30. The maximum atomic E-state index is 12.0. The molecule has 0 aliphatic carbocycles. The van der Waals surface area contributed by atoms with Crippen LogP contribution in [0.3, 0.4) is 0 Å². The summed E-state index contributed by atoms with van der Waals surface area (Å²) in [6.45, 7) is 2.38. The molecule has 19 heavy (non-hydrogen) atoms. The largest absolute Gasteiger partial charge is 0.490 e. The Labute approximate surface area is 116 Å². The predicted molar refractivity (Wildman–Crippen MR) is 74.8 cm³/mol. The molecule has 4 nitrogen and oxygen atoms in total. The number of carbonyl (C=O) groups is 1. The smallest absolute Gasteiger partial charge is 0.256 e. The monoisotopic (exact) mass is 276 g/mol. The van der Waals surface area contributed by atoms with Gasteiger partial charge in [0.15, 0.2) is 11.6 Å². The van der Waals surface area contributed by atoms with Crippen molar-refractivity contribution < 1.29 is 9.53 Å². The van der Waals surface area contributed by atoms with Crippen molar-refractivity contribution in [3.63, 3.8) is 0 Å². The molecule has 2 aromatic rings. The van der Waals surface area contributed by atoms with Gasteiger partial charge in [0.1, 0.15) is 0 Å². The molecule has 1 aromatic carbocycles. The highest BCUT2D eigenvalue weighted by Crippen LogP contribution is 2.21. The predicted octanol–water partition coefficient (Wildman–Crippen LogP) is 3.39. The molecule has 0 saturated heterocycles. The molecule has 98 valence electrons. The molecule has 0 spiro atoms. The van der Waals surface area contributed by atoms with Gasteiger partial charge >= 0.3 is 0 Å². The van der Waals surface area contributed by atoms with Gasteiger partial charge in [0.2, 0.25) is 0 Å². The van der Waals surface area contributed by atoms with Gasteiger partial charge in [-0.2, -0.15) is 0 Å². The quantitative estimate of drug-likeness (QED) is 0.931. The molecule has 2 rings (SSSR count). The molecule has 0 saturated carbocycles. The Bertz CT molecular complexity index is 570. The second kappa shape index (κ2) is 6.20. The molecular weight excluding hydrogens is 264 g/mol. The summed E-state index contributed by atoms with van der Waals surface area (Å²) in [7, 11) is 0. The third-order valence-corrected chi connectivity index (χ3v) is 2.66. The molecule has 1 N–H and O–H groups in total. The Morgan fingerprint density at radius 2 is 2.05 bits per heavy atom. The summed E-state index contributed by atoms with van der Waals surface area (Å²) in [4.78, 5) is 16.1. The number of hydrogen-bond donors (Lipinski definition) is 1. The number of benzene rings is 1. The van der Waals surface area contributed by atoms with E-state index in [2.05, 4.69) is 10.3 Å². The maximum absolute atomic E-state index is 12.0. The summed E-state index contributed by atoms with van der Waals surface area (Å²) in [5.41, 5.74) is 0.512. The molecule has 1 aromatic heterocycles. The Balaban J connectivity index is 2.16. The third-order valence-electron chi connectivity index (χ3n) is 2.41.